The number of hydrogen-bond acceptors (Lipinski definition) is 7. The number of carbonyl (C=O) groups excluding carboxylic acids is 3. The molecule has 198 valence electrons. The van der Waals surface area contributed by atoms with Gasteiger partial charge in [-0.05, 0) is 51.2 Å². The third-order valence-electron chi connectivity index (χ3n) is 5.56. The molecule has 1 aliphatic heterocycles. The summed E-state index contributed by atoms with van der Waals surface area (Å²) in [5, 5.41) is 6.36. The van der Waals surface area contributed by atoms with E-state index in [1.54, 1.807) is 51.1 Å². The number of amidine groups is 1. The van der Waals surface area contributed by atoms with Crippen molar-refractivity contribution >= 4 is 24.0 Å². The Morgan fingerprint density at radius 2 is 1.70 bits per heavy atom. The molecule has 0 radical (unpaired) electrons. The SMILES string of the molecule is CC(C)(C)OC(=O)N1CCCC[C@H]1/C(N)=N\OC(=O)[C@H](NC(=O)OCc1ccccc1)c1ccccc1. The second-order valence-electron chi connectivity index (χ2n) is 9.66. The molecule has 2 atom stereocenters. The average Bonchev–Trinajstić information content (AvgIpc) is 2.89. The lowest BCUT2D eigenvalue weighted by molar-refractivity contribution is -0.146. The van der Waals surface area contributed by atoms with Crippen molar-refractivity contribution in [1.82, 2.24) is 10.2 Å². The van der Waals surface area contributed by atoms with Crippen LogP contribution in [-0.4, -0.2) is 47.1 Å². The molecule has 2 aromatic rings. The lowest BCUT2D eigenvalue weighted by atomic mass is 10.0. The van der Waals surface area contributed by atoms with Crippen molar-refractivity contribution in [2.75, 3.05) is 6.54 Å². The summed E-state index contributed by atoms with van der Waals surface area (Å²) in [5.74, 6) is -0.886. The zero-order valence-electron chi connectivity index (χ0n) is 21.4. The first-order valence-electron chi connectivity index (χ1n) is 12.2. The van der Waals surface area contributed by atoms with Crippen LogP contribution in [0.4, 0.5) is 9.59 Å². The largest absolute Gasteiger partial charge is 0.445 e. The van der Waals surface area contributed by atoms with Gasteiger partial charge in [0.05, 0.1) is 6.04 Å². The lowest BCUT2D eigenvalue weighted by Crippen LogP contribution is -2.52. The average molecular weight is 511 g/mol. The Kier molecular flexibility index (Phi) is 9.48. The number of nitrogens with one attached hydrogen (secondary N) is 1. The molecule has 1 aliphatic rings. The quantitative estimate of drug-likeness (QED) is 0.246. The number of carbonyl (C=O) groups is 3. The minimum atomic E-state index is -1.19. The number of likely N-dealkylation sites (tertiary alicyclic amines) is 1. The molecule has 2 aromatic carbocycles. The summed E-state index contributed by atoms with van der Waals surface area (Å²) in [6.45, 7) is 5.84. The predicted molar refractivity (Wildman–Crippen MR) is 137 cm³/mol. The van der Waals surface area contributed by atoms with Crippen LogP contribution in [-0.2, 0) is 25.7 Å². The van der Waals surface area contributed by atoms with Gasteiger partial charge in [0.15, 0.2) is 11.9 Å². The molecule has 0 spiro atoms. The number of ether oxygens (including phenoxy) is 2. The monoisotopic (exact) mass is 510 g/mol. The summed E-state index contributed by atoms with van der Waals surface area (Å²) in [6, 6.07) is 16.0. The molecule has 0 aliphatic carbocycles. The minimum absolute atomic E-state index is 0.0302. The molecular formula is C27H34N4O6. The molecule has 0 saturated carbocycles. The van der Waals surface area contributed by atoms with Crippen molar-refractivity contribution < 1.29 is 28.7 Å². The minimum Gasteiger partial charge on any atom is -0.445 e. The molecule has 0 bridgehead atoms. The first-order valence-corrected chi connectivity index (χ1v) is 12.2. The fraction of sp³-hybridized carbons (Fsp3) is 0.407. The number of nitrogens with zero attached hydrogens (tertiary/aromatic N) is 2. The molecule has 2 amide bonds. The molecule has 1 heterocycles. The van der Waals surface area contributed by atoms with Crippen LogP contribution >= 0.6 is 0 Å². The van der Waals surface area contributed by atoms with Crippen molar-refractivity contribution in [2.45, 2.75) is 64.3 Å². The third-order valence-corrected chi connectivity index (χ3v) is 5.56. The zero-order valence-corrected chi connectivity index (χ0v) is 21.4. The van der Waals surface area contributed by atoms with E-state index >= 15 is 0 Å². The van der Waals surface area contributed by atoms with E-state index in [9.17, 15) is 14.4 Å². The van der Waals surface area contributed by atoms with Crippen molar-refractivity contribution in [2.24, 2.45) is 10.9 Å². The van der Waals surface area contributed by atoms with Crippen LogP contribution in [0.3, 0.4) is 0 Å². The summed E-state index contributed by atoms with van der Waals surface area (Å²) in [6.07, 6.45) is 0.878. The number of nitrogens with two attached hydrogens (primary N) is 1. The van der Waals surface area contributed by atoms with Crippen LogP contribution < -0.4 is 11.1 Å². The number of rotatable bonds is 7. The highest BCUT2D eigenvalue weighted by Crippen LogP contribution is 2.21. The summed E-state index contributed by atoms with van der Waals surface area (Å²) >= 11 is 0. The van der Waals surface area contributed by atoms with Gasteiger partial charge in [0.1, 0.15) is 12.2 Å². The fourth-order valence-electron chi connectivity index (χ4n) is 3.80. The third kappa shape index (κ3) is 8.52. The van der Waals surface area contributed by atoms with Crippen molar-refractivity contribution in [3.63, 3.8) is 0 Å². The van der Waals surface area contributed by atoms with Crippen LogP contribution in [0.25, 0.3) is 0 Å². The second kappa shape index (κ2) is 12.8. The maximum absolute atomic E-state index is 13.0. The van der Waals surface area contributed by atoms with Crippen molar-refractivity contribution in [3.05, 3.63) is 71.8 Å². The highest BCUT2D eigenvalue weighted by molar-refractivity contribution is 5.90. The second-order valence-corrected chi connectivity index (χ2v) is 9.66. The number of piperidine rings is 1. The Labute approximate surface area is 216 Å². The number of amides is 2. The van der Waals surface area contributed by atoms with Crippen LogP contribution in [0, 0.1) is 0 Å². The topological polar surface area (TPSA) is 133 Å². The van der Waals surface area contributed by atoms with Gasteiger partial charge >= 0.3 is 18.2 Å². The maximum atomic E-state index is 13.0. The number of hydrogen-bond donors (Lipinski definition) is 2. The number of benzene rings is 2. The van der Waals surface area contributed by atoms with Crippen molar-refractivity contribution in [3.8, 4) is 0 Å². The molecule has 0 unspecified atom stereocenters. The van der Waals surface area contributed by atoms with Gasteiger partial charge in [-0.2, -0.15) is 0 Å². The standard InChI is InChI=1S/C27H34N4O6/c1-27(2,3)36-26(34)31-17-11-10-16-21(31)23(28)30-37-24(32)22(20-14-8-5-9-15-20)29-25(33)35-18-19-12-6-4-7-13-19/h4-9,12-15,21-22H,10-11,16-18H2,1-3H3,(H2,28,30)(H,29,33)/t21-,22+/m0/s1. The van der Waals surface area contributed by atoms with E-state index in [2.05, 4.69) is 10.5 Å². The predicted octanol–water partition coefficient (Wildman–Crippen LogP) is 4.26. The van der Waals surface area contributed by atoms with Gasteiger partial charge in [-0.15, -0.1) is 0 Å². The zero-order chi connectivity index (χ0) is 26.8. The van der Waals surface area contributed by atoms with E-state index < -0.39 is 35.8 Å². The van der Waals surface area contributed by atoms with Crippen LogP contribution in [0.1, 0.15) is 57.2 Å². The highest BCUT2D eigenvalue weighted by Gasteiger charge is 2.33. The van der Waals surface area contributed by atoms with Crippen LogP contribution in [0.15, 0.2) is 65.8 Å². The molecule has 0 aromatic heterocycles. The first kappa shape index (κ1) is 27.5. The number of oxime groups is 1. The molecule has 10 heteroatoms. The molecule has 37 heavy (non-hydrogen) atoms. The molecule has 1 fully saturated rings. The van der Waals surface area contributed by atoms with Gasteiger partial charge < -0.3 is 25.4 Å². The van der Waals surface area contributed by atoms with E-state index in [4.69, 9.17) is 20.0 Å². The smallest absolute Gasteiger partial charge is 0.410 e. The molecule has 1 saturated heterocycles. The summed E-state index contributed by atoms with van der Waals surface area (Å²) in [7, 11) is 0. The van der Waals surface area contributed by atoms with Gasteiger partial charge in [-0.25, -0.2) is 14.4 Å². The molecule has 3 N–H and O–H groups in total. The van der Waals surface area contributed by atoms with Gasteiger partial charge in [-0.1, -0.05) is 65.8 Å². The van der Waals surface area contributed by atoms with E-state index in [0.29, 0.717) is 18.5 Å². The fourth-order valence-corrected chi connectivity index (χ4v) is 3.80. The lowest BCUT2D eigenvalue weighted by Gasteiger charge is -2.36. The van der Waals surface area contributed by atoms with E-state index in [-0.39, 0.29) is 12.4 Å². The van der Waals surface area contributed by atoms with E-state index in [0.717, 1.165) is 18.4 Å². The molecule has 10 nitrogen and oxygen atoms in total. The normalized spacial score (nSPS) is 16.9. The van der Waals surface area contributed by atoms with E-state index in [1.807, 2.05) is 30.3 Å². The van der Waals surface area contributed by atoms with Crippen LogP contribution in [0.5, 0.6) is 0 Å². The van der Waals surface area contributed by atoms with Crippen molar-refractivity contribution in [1.29, 1.82) is 0 Å². The van der Waals surface area contributed by atoms with Crippen LogP contribution in [0.2, 0.25) is 0 Å². The maximum Gasteiger partial charge on any atom is 0.410 e. The summed E-state index contributed by atoms with van der Waals surface area (Å²) in [5.41, 5.74) is 6.77. The Morgan fingerprint density at radius 3 is 2.35 bits per heavy atom. The highest BCUT2D eigenvalue weighted by atomic mass is 16.7. The molecule has 3 rings (SSSR count). The Morgan fingerprint density at radius 1 is 1.05 bits per heavy atom. The Balaban J connectivity index is 1.68. The number of alkyl carbamates (subject to hydrolysis) is 1. The summed E-state index contributed by atoms with van der Waals surface area (Å²) < 4.78 is 10.7. The Bertz CT molecular complexity index is 1090. The van der Waals surface area contributed by atoms with Gasteiger partial charge in [-0.3, -0.25) is 4.90 Å². The summed E-state index contributed by atoms with van der Waals surface area (Å²) in [4.78, 5) is 44.8. The molecular weight excluding hydrogens is 476 g/mol. The Hall–Kier alpha value is -4.08. The van der Waals surface area contributed by atoms with Gasteiger partial charge in [0.2, 0.25) is 0 Å². The van der Waals surface area contributed by atoms with Gasteiger partial charge in [0.25, 0.3) is 0 Å². The van der Waals surface area contributed by atoms with E-state index in [1.165, 1.54) is 4.90 Å². The first-order chi connectivity index (χ1) is 17.6. The van der Waals surface area contributed by atoms with Gasteiger partial charge in [0, 0.05) is 6.54 Å².